The molecule has 4 rings (SSSR count). The van der Waals surface area contributed by atoms with E-state index in [2.05, 4.69) is 26.2 Å². The molecule has 0 saturated heterocycles. The van der Waals surface area contributed by atoms with Gasteiger partial charge in [0, 0.05) is 21.9 Å². The van der Waals surface area contributed by atoms with E-state index < -0.39 is 17.6 Å². The van der Waals surface area contributed by atoms with E-state index >= 15 is 0 Å². The number of nitrogens with zero attached hydrogens (tertiary/aromatic N) is 2. The van der Waals surface area contributed by atoms with Gasteiger partial charge in [0.1, 0.15) is 5.82 Å². The van der Waals surface area contributed by atoms with Crippen LogP contribution in [0.4, 0.5) is 30.4 Å². The molecule has 0 saturated carbocycles. The Balaban J connectivity index is 1.98. The molecule has 1 unspecified atom stereocenters. The number of carbonyl (C=O) groups excluding carboxylic acids is 1. The summed E-state index contributed by atoms with van der Waals surface area (Å²) < 4.78 is 45.0. The number of benzene rings is 2. The average Bonchev–Trinajstić information content (AvgIpc) is 2.99. The molecule has 8 heteroatoms. The number of ketones is 1. The highest BCUT2D eigenvalue weighted by Crippen LogP contribution is 2.51. The second-order valence-corrected chi connectivity index (χ2v) is 7.81. The second kappa shape index (κ2) is 7.43. The summed E-state index contributed by atoms with van der Waals surface area (Å²) in [6.07, 6.45) is -2.94. The highest BCUT2D eigenvalue weighted by molar-refractivity contribution is 9.10. The van der Waals surface area contributed by atoms with Crippen molar-refractivity contribution in [2.45, 2.75) is 25.2 Å². The third-order valence-corrected chi connectivity index (χ3v) is 5.61. The van der Waals surface area contributed by atoms with Gasteiger partial charge in [-0.25, -0.2) is 4.98 Å². The van der Waals surface area contributed by atoms with Crippen molar-refractivity contribution in [3.8, 4) is 0 Å². The first-order valence-electron chi connectivity index (χ1n) is 9.27. The highest BCUT2D eigenvalue weighted by Gasteiger charge is 2.69. The van der Waals surface area contributed by atoms with Crippen LogP contribution in [0, 0.1) is 0 Å². The van der Waals surface area contributed by atoms with E-state index in [0.717, 1.165) is 10.5 Å². The fourth-order valence-electron chi connectivity index (χ4n) is 3.62. The quantitative estimate of drug-likeness (QED) is 0.494. The number of Topliss-reactive ketones (excluding diaryl/α,β-unsaturated/α-hetero) is 1. The van der Waals surface area contributed by atoms with Gasteiger partial charge in [-0.3, -0.25) is 9.69 Å². The zero-order valence-corrected chi connectivity index (χ0v) is 17.5. The number of pyridine rings is 1. The lowest BCUT2D eigenvalue weighted by molar-refractivity contribution is -0.161. The van der Waals surface area contributed by atoms with Gasteiger partial charge in [-0.2, -0.15) is 13.2 Å². The lowest BCUT2D eigenvalue weighted by Gasteiger charge is -2.40. The van der Waals surface area contributed by atoms with Crippen LogP contribution in [0.15, 0.2) is 71.3 Å². The first kappa shape index (κ1) is 20.4. The number of hydrogen-bond donors (Lipinski definition) is 1. The molecule has 1 atom stereocenters. The van der Waals surface area contributed by atoms with Crippen LogP contribution in [-0.2, 0) is 6.42 Å². The van der Waals surface area contributed by atoms with Crippen LogP contribution in [-0.4, -0.2) is 22.6 Å². The molecular weight excluding hydrogens is 459 g/mol. The summed E-state index contributed by atoms with van der Waals surface area (Å²) in [5, 5.41) is 2.49. The Labute approximate surface area is 179 Å². The average molecular weight is 476 g/mol. The molecule has 1 N–H and O–H groups in total. The highest BCUT2D eigenvalue weighted by atomic mass is 79.9. The maximum Gasteiger partial charge on any atom is 0.438 e. The molecular formula is C22H17BrF3N3O. The van der Waals surface area contributed by atoms with E-state index in [1.54, 1.807) is 36.4 Å². The van der Waals surface area contributed by atoms with E-state index in [1.165, 1.54) is 30.5 Å². The van der Waals surface area contributed by atoms with Gasteiger partial charge >= 0.3 is 6.18 Å². The summed E-state index contributed by atoms with van der Waals surface area (Å²) in [7, 11) is 0. The molecule has 3 aromatic rings. The summed E-state index contributed by atoms with van der Waals surface area (Å²) in [6, 6.07) is 15.7. The molecule has 4 nitrogen and oxygen atoms in total. The van der Waals surface area contributed by atoms with Crippen LogP contribution < -0.4 is 10.2 Å². The van der Waals surface area contributed by atoms with Crippen molar-refractivity contribution in [3.05, 3.63) is 82.5 Å². The second-order valence-electron chi connectivity index (χ2n) is 6.90. The molecule has 1 aliphatic rings. The zero-order valence-electron chi connectivity index (χ0n) is 15.9. The van der Waals surface area contributed by atoms with E-state index in [-0.39, 0.29) is 22.8 Å². The predicted molar refractivity (Wildman–Crippen MR) is 113 cm³/mol. The third-order valence-electron chi connectivity index (χ3n) is 5.08. The Kier molecular flexibility index (Phi) is 5.05. The Bertz CT molecular complexity index is 1090. The molecule has 1 aromatic heterocycles. The number of aromatic nitrogens is 1. The topological polar surface area (TPSA) is 45.2 Å². The van der Waals surface area contributed by atoms with Gasteiger partial charge in [0.05, 0.1) is 5.69 Å². The van der Waals surface area contributed by atoms with E-state index in [9.17, 15) is 18.0 Å². The molecule has 0 bridgehead atoms. The van der Waals surface area contributed by atoms with Gasteiger partial charge in [-0.05, 0) is 60.5 Å². The zero-order chi connectivity index (χ0) is 21.5. The minimum absolute atomic E-state index is 0.0157. The number of aryl methyl sites for hydroxylation is 1. The molecule has 2 heterocycles. The number of nitrogens with one attached hydrogen (secondary N) is 1. The molecule has 1 aliphatic heterocycles. The van der Waals surface area contributed by atoms with Crippen LogP contribution in [0.1, 0.15) is 22.8 Å². The lowest BCUT2D eigenvalue weighted by Crippen LogP contribution is -2.65. The van der Waals surface area contributed by atoms with Gasteiger partial charge in [-0.1, -0.05) is 35.0 Å². The molecule has 30 heavy (non-hydrogen) atoms. The normalized spacial score (nSPS) is 18.4. The number of alkyl halides is 3. The largest absolute Gasteiger partial charge is 0.438 e. The fraction of sp³-hybridized carbons (Fsp3) is 0.182. The molecule has 0 spiro atoms. The van der Waals surface area contributed by atoms with Crippen molar-refractivity contribution < 1.29 is 18.0 Å². The molecule has 0 radical (unpaired) electrons. The Hall–Kier alpha value is -2.87. The number of rotatable bonds is 4. The molecule has 0 fully saturated rings. The monoisotopic (exact) mass is 475 g/mol. The van der Waals surface area contributed by atoms with Gasteiger partial charge in [-0.15, -0.1) is 0 Å². The maximum absolute atomic E-state index is 14.8. The molecule has 154 valence electrons. The Morgan fingerprint density at radius 3 is 2.43 bits per heavy atom. The number of fused-ring (bicyclic) bond motifs is 1. The predicted octanol–water partition coefficient (Wildman–Crippen LogP) is 6.11. The SMILES string of the molecule is CCc1ccc2c(c1)C(=O)C(Nc1ccc(Br)cc1)(C(F)(F)F)N2c1ccccn1. The van der Waals surface area contributed by atoms with Crippen molar-refractivity contribution in [1.82, 2.24) is 4.98 Å². The van der Waals surface area contributed by atoms with Gasteiger partial charge < -0.3 is 5.32 Å². The number of carbonyl (C=O) groups is 1. The van der Waals surface area contributed by atoms with Crippen molar-refractivity contribution >= 4 is 38.9 Å². The number of halogens is 4. The van der Waals surface area contributed by atoms with Crippen LogP contribution >= 0.6 is 15.9 Å². The van der Waals surface area contributed by atoms with Crippen LogP contribution in [0.3, 0.4) is 0 Å². The minimum atomic E-state index is -4.94. The molecule has 2 aromatic carbocycles. The van der Waals surface area contributed by atoms with Crippen LogP contribution in [0.25, 0.3) is 0 Å². The summed E-state index contributed by atoms with van der Waals surface area (Å²) >= 11 is 3.27. The van der Waals surface area contributed by atoms with Crippen molar-refractivity contribution in [2.75, 3.05) is 10.2 Å². The van der Waals surface area contributed by atoms with E-state index in [4.69, 9.17) is 0 Å². The van der Waals surface area contributed by atoms with Gasteiger partial charge in [0.25, 0.3) is 5.66 Å². The summed E-state index contributed by atoms with van der Waals surface area (Å²) in [6.45, 7) is 1.88. The van der Waals surface area contributed by atoms with Gasteiger partial charge in [0.15, 0.2) is 0 Å². The maximum atomic E-state index is 14.8. The van der Waals surface area contributed by atoms with Crippen LogP contribution in [0.2, 0.25) is 0 Å². The third kappa shape index (κ3) is 3.15. The summed E-state index contributed by atoms with van der Waals surface area (Å²) in [5.74, 6) is -1.04. The van der Waals surface area contributed by atoms with Crippen molar-refractivity contribution in [2.24, 2.45) is 0 Å². The first-order chi connectivity index (χ1) is 14.3. The number of anilines is 3. The summed E-state index contributed by atoms with van der Waals surface area (Å²) in [5.41, 5.74) is -1.90. The van der Waals surface area contributed by atoms with Gasteiger partial charge in [0.2, 0.25) is 5.78 Å². The fourth-order valence-corrected chi connectivity index (χ4v) is 3.88. The van der Waals surface area contributed by atoms with Crippen molar-refractivity contribution in [1.29, 1.82) is 0 Å². The number of hydrogen-bond acceptors (Lipinski definition) is 4. The standard InChI is InChI=1S/C22H17BrF3N3O/c1-2-14-6-11-18-17(13-14)20(30)21(22(24,25)26,28-16-9-7-15(23)8-10-16)29(18)19-5-3-4-12-27-19/h3-13,28H,2H2,1H3. The molecule has 0 aliphatic carbocycles. The van der Waals surface area contributed by atoms with Crippen molar-refractivity contribution in [3.63, 3.8) is 0 Å². The first-order valence-corrected chi connectivity index (χ1v) is 10.1. The Morgan fingerprint density at radius 2 is 1.83 bits per heavy atom. The summed E-state index contributed by atoms with van der Waals surface area (Å²) in [4.78, 5) is 18.5. The van der Waals surface area contributed by atoms with E-state index in [1.807, 2.05) is 6.92 Å². The minimum Gasteiger partial charge on any atom is -0.348 e. The molecule has 0 amide bonds. The lowest BCUT2D eigenvalue weighted by atomic mass is 9.99. The Morgan fingerprint density at radius 1 is 1.10 bits per heavy atom. The van der Waals surface area contributed by atoms with Crippen LogP contribution in [0.5, 0.6) is 0 Å². The van der Waals surface area contributed by atoms with E-state index in [0.29, 0.717) is 10.9 Å². The smallest absolute Gasteiger partial charge is 0.348 e.